The molecule has 2 N–H and O–H groups in total. The Morgan fingerprint density at radius 1 is 1.39 bits per heavy atom. The quantitative estimate of drug-likeness (QED) is 0.875. The van der Waals surface area contributed by atoms with E-state index in [4.69, 9.17) is 10.5 Å². The Morgan fingerprint density at radius 2 is 2.17 bits per heavy atom. The van der Waals surface area contributed by atoms with E-state index >= 15 is 0 Å². The molecule has 2 heterocycles. The molecule has 0 aliphatic carbocycles. The summed E-state index contributed by atoms with van der Waals surface area (Å²) in [5.41, 5.74) is 6.53. The number of hydrogen-bond acceptors (Lipinski definition) is 6. The second-order valence-corrected chi connectivity index (χ2v) is 4.01. The Labute approximate surface area is 105 Å². The maximum Gasteiger partial charge on any atom is 0.342 e. The molecule has 0 saturated heterocycles. The van der Waals surface area contributed by atoms with Crippen LogP contribution in [-0.2, 0) is 13.5 Å². The largest absolute Gasteiger partial charge is 0.404 e. The Hall–Kier alpha value is -2.18. The van der Waals surface area contributed by atoms with Gasteiger partial charge in [0.2, 0.25) is 5.88 Å². The fraction of sp³-hybridized carbons (Fsp3) is 0.455. The summed E-state index contributed by atoms with van der Waals surface area (Å²) >= 11 is 0. The number of hydrogen-bond donors (Lipinski definition) is 1. The van der Waals surface area contributed by atoms with Crippen molar-refractivity contribution in [2.24, 2.45) is 7.05 Å². The molecule has 96 valence electrons. The van der Waals surface area contributed by atoms with Gasteiger partial charge >= 0.3 is 6.01 Å². The Balaban J connectivity index is 2.31. The highest BCUT2D eigenvalue weighted by Gasteiger charge is 2.12. The van der Waals surface area contributed by atoms with E-state index in [1.54, 1.807) is 18.1 Å². The SMILES string of the molecule is CCCc1nc(N)c(C)c(Oc2ncn(C)n2)n1. The van der Waals surface area contributed by atoms with Crippen LogP contribution >= 0.6 is 0 Å². The predicted octanol–water partition coefficient (Wildman–Crippen LogP) is 1.24. The number of aryl methyl sites for hydroxylation is 2. The van der Waals surface area contributed by atoms with Crippen molar-refractivity contribution < 1.29 is 4.74 Å². The smallest absolute Gasteiger partial charge is 0.342 e. The van der Waals surface area contributed by atoms with Crippen molar-refractivity contribution >= 4 is 5.82 Å². The first kappa shape index (κ1) is 12.3. The van der Waals surface area contributed by atoms with Gasteiger partial charge in [-0.05, 0) is 13.3 Å². The summed E-state index contributed by atoms with van der Waals surface area (Å²) in [5, 5.41) is 4.03. The van der Waals surface area contributed by atoms with Gasteiger partial charge < -0.3 is 10.5 Å². The molecule has 0 amide bonds. The van der Waals surface area contributed by atoms with Crippen molar-refractivity contribution in [3.05, 3.63) is 17.7 Å². The zero-order valence-electron chi connectivity index (χ0n) is 10.7. The average Bonchev–Trinajstić information content (AvgIpc) is 2.71. The molecule has 0 aromatic carbocycles. The minimum absolute atomic E-state index is 0.251. The maximum absolute atomic E-state index is 5.83. The topological polar surface area (TPSA) is 91.7 Å². The lowest BCUT2D eigenvalue weighted by Crippen LogP contribution is -2.05. The highest BCUT2D eigenvalue weighted by Crippen LogP contribution is 2.23. The van der Waals surface area contributed by atoms with E-state index in [0.29, 0.717) is 23.1 Å². The molecule has 0 unspecified atom stereocenters. The Kier molecular flexibility index (Phi) is 3.40. The van der Waals surface area contributed by atoms with Crippen LogP contribution in [0.2, 0.25) is 0 Å². The first-order chi connectivity index (χ1) is 8.60. The molecule has 0 atom stereocenters. The van der Waals surface area contributed by atoms with Gasteiger partial charge in [0.25, 0.3) is 0 Å². The molecule has 0 aliphatic rings. The van der Waals surface area contributed by atoms with Gasteiger partial charge in [-0.3, -0.25) is 4.68 Å². The summed E-state index contributed by atoms with van der Waals surface area (Å²) in [6, 6.07) is 0.251. The van der Waals surface area contributed by atoms with Crippen LogP contribution < -0.4 is 10.5 Å². The highest BCUT2D eigenvalue weighted by molar-refractivity contribution is 5.45. The molecule has 7 nitrogen and oxygen atoms in total. The van der Waals surface area contributed by atoms with Crippen LogP contribution in [0.4, 0.5) is 5.82 Å². The molecule has 0 aliphatic heterocycles. The van der Waals surface area contributed by atoms with E-state index < -0.39 is 0 Å². The fourth-order valence-corrected chi connectivity index (χ4v) is 1.45. The number of ether oxygens (including phenoxy) is 1. The molecule has 2 rings (SSSR count). The van der Waals surface area contributed by atoms with Crippen LogP contribution in [0.15, 0.2) is 6.33 Å². The van der Waals surface area contributed by atoms with Gasteiger partial charge in [0, 0.05) is 13.5 Å². The maximum atomic E-state index is 5.83. The lowest BCUT2D eigenvalue weighted by atomic mass is 10.3. The molecule has 18 heavy (non-hydrogen) atoms. The molecule has 0 saturated carbocycles. The third-order valence-corrected chi connectivity index (χ3v) is 2.43. The number of nitrogens with zero attached hydrogens (tertiary/aromatic N) is 5. The van der Waals surface area contributed by atoms with Gasteiger partial charge in [-0.25, -0.2) is 4.98 Å². The van der Waals surface area contributed by atoms with E-state index in [2.05, 4.69) is 27.0 Å². The molecule has 0 bridgehead atoms. The Bertz CT molecular complexity index is 550. The van der Waals surface area contributed by atoms with Gasteiger partial charge in [0.1, 0.15) is 18.0 Å². The van der Waals surface area contributed by atoms with E-state index in [-0.39, 0.29) is 6.01 Å². The fourth-order valence-electron chi connectivity index (χ4n) is 1.45. The van der Waals surface area contributed by atoms with Crippen LogP contribution in [0.3, 0.4) is 0 Å². The summed E-state index contributed by atoms with van der Waals surface area (Å²) < 4.78 is 7.08. The van der Waals surface area contributed by atoms with Crippen molar-refractivity contribution in [1.82, 2.24) is 24.7 Å². The molecule has 0 fully saturated rings. The van der Waals surface area contributed by atoms with E-state index in [9.17, 15) is 0 Å². The number of nitrogen functional groups attached to an aromatic ring is 1. The summed E-state index contributed by atoms with van der Waals surface area (Å²) in [7, 11) is 1.77. The first-order valence-corrected chi connectivity index (χ1v) is 5.76. The van der Waals surface area contributed by atoms with Gasteiger partial charge in [-0.15, -0.1) is 5.10 Å². The Morgan fingerprint density at radius 3 is 2.78 bits per heavy atom. The van der Waals surface area contributed by atoms with E-state index in [1.807, 2.05) is 6.92 Å². The van der Waals surface area contributed by atoms with Crippen LogP contribution in [0.5, 0.6) is 11.9 Å². The van der Waals surface area contributed by atoms with Crippen LogP contribution in [0.25, 0.3) is 0 Å². The van der Waals surface area contributed by atoms with Gasteiger partial charge in [0.05, 0.1) is 5.56 Å². The molecule has 0 radical (unpaired) electrons. The third kappa shape index (κ3) is 2.55. The second-order valence-electron chi connectivity index (χ2n) is 4.01. The van der Waals surface area contributed by atoms with Crippen molar-refractivity contribution in [2.75, 3.05) is 5.73 Å². The molecule has 2 aromatic heterocycles. The van der Waals surface area contributed by atoms with Gasteiger partial charge in [0.15, 0.2) is 0 Å². The zero-order chi connectivity index (χ0) is 13.1. The third-order valence-electron chi connectivity index (χ3n) is 2.43. The number of aromatic nitrogens is 5. The number of nitrogens with two attached hydrogens (primary N) is 1. The average molecular weight is 248 g/mol. The monoisotopic (exact) mass is 248 g/mol. The predicted molar refractivity (Wildman–Crippen MR) is 66.3 cm³/mol. The van der Waals surface area contributed by atoms with Crippen molar-refractivity contribution in [1.29, 1.82) is 0 Å². The molecular formula is C11H16N6O. The number of rotatable bonds is 4. The van der Waals surface area contributed by atoms with Crippen LogP contribution in [-0.4, -0.2) is 24.7 Å². The summed E-state index contributed by atoms with van der Waals surface area (Å²) in [5.74, 6) is 1.52. The zero-order valence-corrected chi connectivity index (χ0v) is 10.7. The van der Waals surface area contributed by atoms with Gasteiger partial charge in [-0.1, -0.05) is 6.92 Å². The van der Waals surface area contributed by atoms with Crippen molar-refractivity contribution in [3.63, 3.8) is 0 Å². The lowest BCUT2D eigenvalue weighted by molar-refractivity contribution is 0.416. The second kappa shape index (κ2) is 4.99. The van der Waals surface area contributed by atoms with Gasteiger partial charge in [-0.2, -0.15) is 9.97 Å². The highest BCUT2D eigenvalue weighted by atomic mass is 16.5. The van der Waals surface area contributed by atoms with Crippen molar-refractivity contribution in [3.8, 4) is 11.9 Å². The molecule has 2 aromatic rings. The number of anilines is 1. The minimum atomic E-state index is 0.251. The standard InChI is InChI=1S/C11H16N6O/c1-4-5-8-14-9(12)7(2)10(15-8)18-11-13-6-17(3)16-11/h6H,4-5H2,1-3H3,(H2,12,14,15). The lowest BCUT2D eigenvalue weighted by Gasteiger charge is -2.08. The normalized spacial score (nSPS) is 10.6. The van der Waals surface area contributed by atoms with E-state index in [0.717, 1.165) is 12.8 Å². The first-order valence-electron chi connectivity index (χ1n) is 5.76. The summed E-state index contributed by atoms with van der Waals surface area (Å²) in [4.78, 5) is 12.5. The molecule has 7 heteroatoms. The van der Waals surface area contributed by atoms with E-state index in [1.165, 1.54) is 0 Å². The summed E-state index contributed by atoms with van der Waals surface area (Å²) in [6.07, 6.45) is 3.27. The minimum Gasteiger partial charge on any atom is -0.404 e. The van der Waals surface area contributed by atoms with Crippen LogP contribution in [0.1, 0.15) is 24.7 Å². The van der Waals surface area contributed by atoms with Crippen molar-refractivity contribution in [2.45, 2.75) is 26.7 Å². The molecule has 0 spiro atoms. The summed E-state index contributed by atoms with van der Waals surface area (Å²) in [6.45, 7) is 3.86. The van der Waals surface area contributed by atoms with Crippen LogP contribution in [0, 0.1) is 6.92 Å². The molecular weight excluding hydrogens is 232 g/mol.